The molecule has 0 amide bonds. The van der Waals surface area contributed by atoms with Gasteiger partial charge in [-0.1, -0.05) is 74.0 Å². The number of benzene rings is 2. The van der Waals surface area contributed by atoms with Gasteiger partial charge in [-0.2, -0.15) is 0 Å². The Morgan fingerprint density at radius 2 is 1.72 bits per heavy atom. The molecule has 1 aliphatic carbocycles. The topological polar surface area (TPSA) is 34.1 Å². The molecule has 0 bridgehead atoms. The number of carbonyl (C=O) groups excluding carboxylic acids is 2. The van der Waals surface area contributed by atoms with E-state index in [-0.39, 0.29) is 11.6 Å². The molecule has 2 heteroatoms. The first-order valence-electron chi connectivity index (χ1n) is 8.69. The maximum Gasteiger partial charge on any atom is 0.185 e. The van der Waals surface area contributed by atoms with Crippen molar-refractivity contribution >= 4 is 17.6 Å². The summed E-state index contributed by atoms with van der Waals surface area (Å²) >= 11 is 0. The second-order valence-corrected chi connectivity index (χ2v) is 6.53. The number of ketones is 2. The van der Waals surface area contributed by atoms with Crippen molar-refractivity contribution in [3.8, 4) is 0 Å². The van der Waals surface area contributed by atoms with E-state index in [1.54, 1.807) is 18.2 Å². The van der Waals surface area contributed by atoms with Crippen LogP contribution in [0.5, 0.6) is 0 Å². The number of carbonyl (C=O) groups is 2. The van der Waals surface area contributed by atoms with Crippen molar-refractivity contribution in [3.63, 3.8) is 0 Å². The van der Waals surface area contributed by atoms with Crippen LogP contribution in [0.15, 0.2) is 72.3 Å². The van der Waals surface area contributed by atoms with Crippen molar-refractivity contribution in [3.05, 3.63) is 89.0 Å². The third-order valence-corrected chi connectivity index (χ3v) is 4.80. The van der Waals surface area contributed by atoms with Gasteiger partial charge in [-0.25, -0.2) is 0 Å². The fourth-order valence-corrected chi connectivity index (χ4v) is 3.61. The molecule has 2 aromatic rings. The van der Waals surface area contributed by atoms with Crippen LogP contribution < -0.4 is 0 Å². The molecule has 2 aromatic carbocycles. The van der Waals surface area contributed by atoms with Crippen molar-refractivity contribution in [1.29, 1.82) is 0 Å². The average Bonchev–Trinajstić information content (AvgIpc) is 2.65. The molecule has 126 valence electrons. The zero-order valence-electron chi connectivity index (χ0n) is 14.7. The summed E-state index contributed by atoms with van der Waals surface area (Å²) in [5.41, 5.74) is 2.67. The highest BCUT2D eigenvalue weighted by atomic mass is 16.1. The molecule has 0 heterocycles. The third kappa shape index (κ3) is 3.12. The molecule has 0 spiro atoms. The molecule has 2 nitrogen and oxygen atoms in total. The van der Waals surface area contributed by atoms with Gasteiger partial charge in [0.05, 0.1) is 5.41 Å². The smallest absolute Gasteiger partial charge is 0.185 e. The predicted octanol–water partition coefficient (Wildman–Crippen LogP) is 5.15. The largest absolute Gasteiger partial charge is 0.293 e. The summed E-state index contributed by atoms with van der Waals surface area (Å²) in [5, 5.41) is 0. The summed E-state index contributed by atoms with van der Waals surface area (Å²) in [5.74, 6) is 0.0127. The van der Waals surface area contributed by atoms with Gasteiger partial charge in [0.15, 0.2) is 11.6 Å². The van der Waals surface area contributed by atoms with Crippen LogP contribution in [0.25, 0.3) is 6.08 Å². The number of hydrogen-bond donors (Lipinski definition) is 0. The lowest BCUT2D eigenvalue weighted by Gasteiger charge is -2.34. The Bertz CT molecular complexity index is 859. The zero-order chi connectivity index (χ0) is 17.9. The minimum Gasteiger partial charge on any atom is -0.293 e. The van der Waals surface area contributed by atoms with E-state index in [0.717, 1.165) is 23.1 Å². The Morgan fingerprint density at radius 1 is 1.04 bits per heavy atom. The van der Waals surface area contributed by atoms with Crippen molar-refractivity contribution < 1.29 is 9.59 Å². The van der Waals surface area contributed by atoms with Gasteiger partial charge < -0.3 is 0 Å². The third-order valence-electron chi connectivity index (χ3n) is 4.80. The van der Waals surface area contributed by atoms with Crippen LogP contribution in [-0.2, 0) is 10.2 Å². The Kier molecular flexibility index (Phi) is 4.80. The number of fused-ring (bicyclic) bond motifs is 1. The van der Waals surface area contributed by atoms with Gasteiger partial charge in [-0.05, 0) is 42.2 Å². The molecular formula is C23H22O2. The number of Topliss-reactive ketones (excluding diaryl/α,β-unsaturated/α-hetero) is 1. The van der Waals surface area contributed by atoms with E-state index in [0.29, 0.717) is 12.0 Å². The van der Waals surface area contributed by atoms with Crippen LogP contribution in [0.3, 0.4) is 0 Å². The first-order chi connectivity index (χ1) is 12.1. The van der Waals surface area contributed by atoms with E-state index in [9.17, 15) is 9.59 Å². The first kappa shape index (κ1) is 17.1. The molecule has 25 heavy (non-hydrogen) atoms. The molecule has 0 N–H and O–H groups in total. The zero-order valence-corrected chi connectivity index (χ0v) is 14.7. The van der Waals surface area contributed by atoms with Gasteiger partial charge in [0.1, 0.15) is 0 Å². The molecule has 0 aromatic heterocycles. The van der Waals surface area contributed by atoms with Gasteiger partial charge in [0.2, 0.25) is 0 Å². The second kappa shape index (κ2) is 7.02. The lowest BCUT2D eigenvalue weighted by Crippen LogP contribution is -2.37. The molecular weight excluding hydrogens is 308 g/mol. The van der Waals surface area contributed by atoms with Crippen molar-refractivity contribution in [1.82, 2.24) is 0 Å². The van der Waals surface area contributed by atoms with E-state index in [4.69, 9.17) is 0 Å². The van der Waals surface area contributed by atoms with E-state index in [2.05, 4.69) is 6.92 Å². The fourth-order valence-electron chi connectivity index (χ4n) is 3.61. The maximum atomic E-state index is 13.1. The summed E-state index contributed by atoms with van der Waals surface area (Å²) in [6.45, 7) is 3.92. The summed E-state index contributed by atoms with van der Waals surface area (Å²) in [6, 6.07) is 17.1. The summed E-state index contributed by atoms with van der Waals surface area (Å²) in [6.07, 6.45) is 6.88. The Labute approximate surface area is 148 Å². The first-order valence-corrected chi connectivity index (χ1v) is 8.69. The maximum absolute atomic E-state index is 13.1. The SMILES string of the molecule is CCC[C@]1(/C=C\C(=O)c2ccccc2)C(=O)C(C)=Cc2ccccc21. The van der Waals surface area contributed by atoms with Crippen molar-refractivity contribution in [2.24, 2.45) is 0 Å². The number of rotatable bonds is 5. The molecule has 1 atom stereocenters. The predicted molar refractivity (Wildman–Crippen MR) is 102 cm³/mol. The fraction of sp³-hybridized carbons (Fsp3) is 0.217. The van der Waals surface area contributed by atoms with Gasteiger partial charge in [0.25, 0.3) is 0 Å². The molecule has 0 fully saturated rings. The monoisotopic (exact) mass is 330 g/mol. The van der Waals surface area contributed by atoms with Crippen molar-refractivity contribution in [2.45, 2.75) is 32.1 Å². The van der Waals surface area contributed by atoms with E-state index in [1.807, 2.05) is 61.5 Å². The van der Waals surface area contributed by atoms with E-state index >= 15 is 0 Å². The minimum absolute atomic E-state index is 0.0754. The van der Waals surface area contributed by atoms with Gasteiger partial charge in [0, 0.05) is 5.56 Å². The van der Waals surface area contributed by atoms with Gasteiger partial charge >= 0.3 is 0 Å². The second-order valence-electron chi connectivity index (χ2n) is 6.53. The summed E-state index contributed by atoms with van der Waals surface area (Å²) in [7, 11) is 0. The van der Waals surface area contributed by atoms with Gasteiger partial charge in [-0.15, -0.1) is 0 Å². The molecule has 0 saturated carbocycles. The minimum atomic E-state index is -0.755. The van der Waals surface area contributed by atoms with Crippen LogP contribution in [0, 0.1) is 0 Å². The quantitative estimate of drug-likeness (QED) is 0.561. The van der Waals surface area contributed by atoms with E-state index < -0.39 is 5.41 Å². The van der Waals surface area contributed by atoms with Crippen LogP contribution in [0.1, 0.15) is 48.2 Å². The lowest BCUT2D eigenvalue weighted by molar-refractivity contribution is -0.119. The summed E-state index contributed by atoms with van der Waals surface area (Å²) < 4.78 is 0. The highest BCUT2D eigenvalue weighted by Gasteiger charge is 2.41. The molecule has 3 rings (SSSR count). The lowest BCUT2D eigenvalue weighted by atomic mass is 9.66. The molecule has 0 saturated heterocycles. The Balaban J connectivity index is 2.07. The number of hydrogen-bond acceptors (Lipinski definition) is 2. The van der Waals surface area contributed by atoms with E-state index in [1.165, 1.54) is 0 Å². The Hall–Kier alpha value is -2.74. The highest BCUT2D eigenvalue weighted by molar-refractivity contribution is 6.12. The van der Waals surface area contributed by atoms with Crippen LogP contribution >= 0.6 is 0 Å². The molecule has 0 unspecified atom stereocenters. The molecule has 0 radical (unpaired) electrons. The van der Waals surface area contributed by atoms with Crippen LogP contribution in [0.2, 0.25) is 0 Å². The Morgan fingerprint density at radius 3 is 2.44 bits per heavy atom. The highest BCUT2D eigenvalue weighted by Crippen LogP contribution is 2.41. The van der Waals surface area contributed by atoms with Gasteiger partial charge in [-0.3, -0.25) is 9.59 Å². The van der Waals surface area contributed by atoms with Crippen LogP contribution in [-0.4, -0.2) is 11.6 Å². The summed E-state index contributed by atoms with van der Waals surface area (Å²) in [4.78, 5) is 25.6. The normalized spacial score (nSPS) is 19.6. The average molecular weight is 330 g/mol. The molecule has 0 aliphatic heterocycles. The van der Waals surface area contributed by atoms with Crippen LogP contribution in [0.4, 0.5) is 0 Å². The van der Waals surface area contributed by atoms with Crippen molar-refractivity contribution in [2.75, 3.05) is 0 Å². The number of allylic oxidation sites excluding steroid dienone is 3. The molecule has 1 aliphatic rings. The standard InChI is InChI=1S/C23H22O2/c1-3-14-23(15-13-21(24)18-9-5-4-6-10-18)20-12-8-7-11-19(20)16-17(2)22(23)25/h4-13,15-16H,3,14H2,1-2H3/b15-13-/t23-/m1/s1.